The molecule has 2 N–H and O–H groups in total. The van der Waals surface area contributed by atoms with E-state index in [1.54, 1.807) is 0 Å². The Labute approximate surface area is 72.1 Å². The first-order valence-corrected chi connectivity index (χ1v) is 4.26. The number of anilines is 1. The fourth-order valence-corrected chi connectivity index (χ4v) is 1.04. The van der Waals surface area contributed by atoms with E-state index in [0.29, 0.717) is 5.82 Å². The number of nitrogen functional groups attached to an aromatic ring is 1. The van der Waals surface area contributed by atoms with E-state index in [1.165, 1.54) is 6.42 Å². The summed E-state index contributed by atoms with van der Waals surface area (Å²) < 4.78 is 4.64. The molecule has 0 aliphatic rings. The highest BCUT2D eigenvalue weighted by Crippen LogP contribution is 2.07. The highest BCUT2D eigenvalue weighted by atomic mass is 16.5. The molecule has 0 aromatic carbocycles. The Morgan fingerprint density at radius 3 is 2.75 bits per heavy atom. The van der Waals surface area contributed by atoms with Gasteiger partial charge in [0.25, 0.3) is 0 Å². The van der Waals surface area contributed by atoms with E-state index in [9.17, 15) is 0 Å². The Morgan fingerprint density at radius 1 is 1.50 bits per heavy atom. The Hall–Kier alpha value is -1.06. The van der Waals surface area contributed by atoms with Crippen molar-refractivity contribution in [3.8, 4) is 0 Å². The lowest BCUT2D eigenvalue weighted by Crippen LogP contribution is -1.93. The van der Waals surface area contributed by atoms with Crippen LogP contribution in [0.15, 0.2) is 4.52 Å². The van der Waals surface area contributed by atoms with Crippen molar-refractivity contribution in [3.63, 3.8) is 0 Å². The van der Waals surface area contributed by atoms with Crippen molar-refractivity contribution in [1.29, 1.82) is 0 Å². The molecular formula is C8H15N3O. The molecule has 0 radical (unpaired) electrons. The van der Waals surface area contributed by atoms with Crippen LogP contribution in [0, 0.1) is 5.92 Å². The molecule has 1 heterocycles. The van der Waals surface area contributed by atoms with E-state index in [0.717, 1.165) is 18.8 Å². The van der Waals surface area contributed by atoms with E-state index in [-0.39, 0.29) is 6.01 Å². The minimum atomic E-state index is 0.162. The van der Waals surface area contributed by atoms with Gasteiger partial charge >= 0.3 is 6.01 Å². The zero-order valence-corrected chi connectivity index (χ0v) is 7.58. The van der Waals surface area contributed by atoms with Crippen LogP contribution in [0.5, 0.6) is 0 Å². The van der Waals surface area contributed by atoms with Gasteiger partial charge in [0.15, 0.2) is 5.82 Å². The fourth-order valence-electron chi connectivity index (χ4n) is 1.04. The van der Waals surface area contributed by atoms with Gasteiger partial charge < -0.3 is 10.3 Å². The number of rotatable bonds is 4. The van der Waals surface area contributed by atoms with Crippen molar-refractivity contribution in [2.24, 2.45) is 5.92 Å². The molecule has 0 saturated carbocycles. The molecule has 0 bridgehead atoms. The number of nitrogens with two attached hydrogens (primary N) is 1. The third kappa shape index (κ3) is 2.90. The van der Waals surface area contributed by atoms with Gasteiger partial charge in [0.2, 0.25) is 0 Å². The lowest BCUT2D eigenvalue weighted by atomic mass is 10.1. The van der Waals surface area contributed by atoms with Gasteiger partial charge in [0, 0.05) is 6.42 Å². The SMILES string of the molecule is CC(C)CCCc1noc(N)n1. The highest BCUT2D eigenvalue weighted by molar-refractivity contribution is 5.06. The van der Waals surface area contributed by atoms with Crippen LogP contribution < -0.4 is 5.73 Å². The fraction of sp³-hybridized carbons (Fsp3) is 0.750. The molecule has 0 unspecified atom stereocenters. The van der Waals surface area contributed by atoms with Gasteiger partial charge in [-0.05, 0) is 12.3 Å². The van der Waals surface area contributed by atoms with Crippen LogP contribution in [0.3, 0.4) is 0 Å². The van der Waals surface area contributed by atoms with E-state index in [4.69, 9.17) is 5.73 Å². The summed E-state index contributed by atoms with van der Waals surface area (Å²) in [6.07, 6.45) is 3.14. The number of aryl methyl sites for hydroxylation is 1. The number of hydrogen-bond donors (Lipinski definition) is 1. The van der Waals surface area contributed by atoms with E-state index in [1.807, 2.05) is 0 Å². The molecule has 1 rings (SSSR count). The maximum Gasteiger partial charge on any atom is 0.318 e. The topological polar surface area (TPSA) is 64.9 Å². The average molecular weight is 169 g/mol. The maximum absolute atomic E-state index is 5.27. The summed E-state index contributed by atoms with van der Waals surface area (Å²) in [6, 6.07) is 0.162. The molecule has 1 aromatic heterocycles. The van der Waals surface area contributed by atoms with Gasteiger partial charge in [0.05, 0.1) is 0 Å². The lowest BCUT2D eigenvalue weighted by Gasteiger charge is -2.00. The van der Waals surface area contributed by atoms with Crippen molar-refractivity contribution in [3.05, 3.63) is 5.82 Å². The molecule has 0 saturated heterocycles. The van der Waals surface area contributed by atoms with Crippen LogP contribution in [-0.2, 0) is 6.42 Å². The standard InChI is InChI=1S/C8H15N3O/c1-6(2)4-3-5-7-10-8(9)12-11-7/h6H,3-5H2,1-2H3,(H2,9,10,11). The molecule has 1 aromatic rings. The summed E-state index contributed by atoms with van der Waals surface area (Å²) in [4.78, 5) is 3.91. The van der Waals surface area contributed by atoms with Crippen molar-refractivity contribution < 1.29 is 4.52 Å². The van der Waals surface area contributed by atoms with Crippen LogP contribution >= 0.6 is 0 Å². The normalized spacial score (nSPS) is 10.9. The smallest absolute Gasteiger partial charge is 0.318 e. The Balaban J connectivity index is 2.24. The van der Waals surface area contributed by atoms with Crippen molar-refractivity contribution in [1.82, 2.24) is 10.1 Å². The van der Waals surface area contributed by atoms with Crippen molar-refractivity contribution >= 4 is 6.01 Å². The first kappa shape index (κ1) is 9.03. The van der Waals surface area contributed by atoms with Crippen molar-refractivity contribution in [2.45, 2.75) is 33.1 Å². The predicted octanol–water partition coefficient (Wildman–Crippen LogP) is 1.63. The van der Waals surface area contributed by atoms with E-state index in [2.05, 4.69) is 28.5 Å². The molecule has 0 aliphatic carbocycles. The summed E-state index contributed by atoms with van der Waals surface area (Å²) in [5, 5.41) is 3.70. The molecule has 4 nitrogen and oxygen atoms in total. The second-order valence-corrected chi connectivity index (χ2v) is 3.33. The van der Waals surface area contributed by atoms with Gasteiger partial charge in [-0.1, -0.05) is 25.4 Å². The van der Waals surface area contributed by atoms with Gasteiger partial charge in [-0.3, -0.25) is 0 Å². The van der Waals surface area contributed by atoms with Gasteiger partial charge in [0.1, 0.15) is 0 Å². The number of nitrogens with zero attached hydrogens (tertiary/aromatic N) is 2. The largest absolute Gasteiger partial charge is 0.351 e. The van der Waals surface area contributed by atoms with Crippen LogP contribution in [-0.4, -0.2) is 10.1 Å². The van der Waals surface area contributed by atoms with Gasteiger partial charge in [-0.15, -0.1) is 0 Å². The average Bonchev–Trinajstić information content (AvgIpc) is 2.35. The minimum Gasteiger partial charge on any atom is -0.351 e. The van der Waals surface area contributed by atoms with Crippen LogP contribution in [0.1, 0.15) is 32.5 Å². The summed E-state index contributed by atoms with van der Waals surface area (Å²) in [5.74, 6) is 1.45. The van der Waals surface area contributed by atoms with Crippen LogP contribution in [0.4, 0.5) is 6.01 Å². The Kier molecular flexibility index (Phi) is 3.08. The molecule has 68 valence electrons. The lowest BCUT2D eigenvalue weighted by molar-refractivity contribution is 0.423. The highest BCUT2D eigenvalue weighted by Gasteiger charge is 2.02. The molecular weight excluding hydrogens is 154 g/mol. The summed E-state index contributed by atoms with van der Waals surface area (Å²) >= 11 is 0. The zero-order valence-electron chi connectivity index (χ0n) is 7.58. The Bertz CT molecular complexity index is 232. The minimum absolute atomic E-state index is 0.162. The zero-order chi connectivity index (χ0) is 8.97. The predicted molar refractivity (Wildman–Crippen MR) is 46.5 cm³/mol. The number of aromatic nitrogens is 2. The summed E-state index contributed by atoms with van der Waals surface area (Å²) in [5.41, 5.74) is 5.27. The van der Waals surface area contributed by atoms with Crippen LogP contribution in [0.25, 0.3) is 0 Å². The molecule has 12 heavy (non-hydrogen) atoms. The second kappa shape index (κ2) is 4.09. The molecule has 0 amide bonds. The van der Waals surface area contributed by atoms with E-state index < -0.39 is 0 Å². The van der Waals surface area contributed by atoms with Crippen molar-refractivity contribution in [2.75, 3.05) is 5.73 Å². The second-order valence-electron chi connectivity index (χ2n) is 3.33. The summed E-state index contributed by atoms with van der Waals surface area (Å²) in [7, 11) is 0. The quantitative estimate of drug-likeness (QED) is 0.744. The Morgan fingerprint density at radius 2 is 2.25 bits per heavy atom. The summed E-state index contributed by atoms with van der Waals surface area (Å²) in [6.45, 7) is 4.40. The first-order valence-electron chi connectivity index (χ1n) is 4.26. The van der Waals surface area contributed by atoms with E-state index >= 15 is 0 Å². The van der Waals surface area contributed by atoms with Gasteiger partial charge in [-0.2, -0.15) is 4.98 Å². The first-order chi connectivity index (χ1) is 5.68. The third-order valence-electron chi connectivity index (χ3n) is 1.67. The molecule has 0 fully saturated rings. The maximum atomic E-state index is 5.27. The van der Waals surface area contributed by atoms with Crippen LogP contribution in [0.2, 0.25) is 0 Å². The molecule has 4 heteroatoms. The molecule has 0 spiro atoms. The molecule has 0 atom stereocenters. The monoisotopic (exact) mass is 169 g/mol. The number of hydrogen-bond acceptors (Lipinski definition) is 4. The van der Waals surface area contributed by atoms with Gasteiger partial charge in [-0.25, -0.2) is 0 Å². The third-order valence-corrected chi connectivity index (χ3v) is 1.67. The molecule has 0 aliphatic heterocycles.